The first-order valence-electron chi connectivity index (χ1n) is 8.65. The maximum absolute atomic E-state index is 12.8. The van der Waals surface area contributed by atoms with Gasteiger partial charge >= 0.3 is 0 Å². The molecule has 27 heavy (non-hydrogen) atoms. The monoisotopic (exact) mass is 377 g/mol. The number of amides is 2. The summed E-state index contributed by atoms with van der Waals surface area (Å²) in [5.41, 5.74) is 0.924. The van der Waals surface area contributed by atoms with Crippen molar-refractivity contribution in [3.05, 3.63) is 70.4 Å². The summed E-state index contributed by atoms with van der Waals surface area (Å²) in [6, 6.07) is 16.6. The van der Waals surface area contributed by atoms with Crippen LogP contribution < -0.4 is 5.32 Å². The fourth-order valence-electron chi connectivity index (χ4n) is 2.90. The molecule has 3 aromatic rings. The molecule has 2 amide bonds. The highest BCUT2D eigenvalue weighted by atomic mass is 32.1. The number of fused-ring (bicyclic) bond motifs is 1. The minimum atomic E-state index is -0.805. The zero-order valence-electron chi connectivity index (χ0n) is 14.9. The van der Waals surface area contributed by atoms with Crippen molar-refractivity contribution in [1.29, 1.82) is 5.26 Å². The van der Waals surface area contributed by atoms with Crippen LogP contribution in [0.4, 0.5) is 0 Å². The first-order valence-corrected chi connectivity index (χ1v) is 9.53. The largest absolute Gasteiger partial charge is 0.339 e. The van der Waals surface area contributed by atoms with E-state index in [9.17, 15) is 14.9 Å². The van der Waals surface area contributed by atoms with Gasteiger partial charge < -0.3 is 5.32 Å². The number of hydrogen-bond acceptors (Lipinski definition) is 4. The van der Waals surface area contributed by atoms with Crippen LogP contribution in [0.15, 0.2) is 60.0 Å². The fourth-order valence-corrected chi connectivity index (χ4v) is 3.53. The molecule has 0 radical (unpaired) electrons. The normalized spacial score (nSPS) is 11.6. The second-order valence-electron chi connectivity index (χ2n) is 6.07. The highest BCUT2D eigenvalue weighted by Crippen LogP contribution is 2.18. The summed E-state index contributed by atoms with van der Waals surface area (Å²) in [4.78, 5) is 26.8. The van der Waals surface area contributed by atoms with Crippen LogP contribution in [0.3, 0.4) is 0 Å². The Hall–Kier alpha value is -3.17. The van der Waals surface area contributed by atoms with Crippen LogP contribution in [0.5, 0.6) is 0 Å². The van der Waals surface area contributed by atoms with Gasteiger partial charge in [0, 0.05) is 13.0 Å². The van der Waals surface area contributed by atoms with Crippen LogP contribution in [-0.2, 0) is 11.2 Å². The van der Waals surface area contributed by atoms with Gasteiger partial charge in [-0.2, -0.15) is 5.26 Å². The summed E-state index contributed by atoms with van der Waals surface area (Å²) in [7, 11) is 0. The van der Waals surface area contributed by atoms with Crippen molar-refractivity contribution in [2.75, 3.05) is 6.54 Å². The van der Waals surface area contributed by atoms with E-state index < -0.39 is 11.9 Å². The smallest absolute Gasteiger partial charge is 0.262 e. The third kappa shape index (κ3) is 4.33. The van der Waals surface area contributed by atoms with Crippen molar-refractivity contribution in [1.82, 2.24) is 10.2 Å². The summed E-state index contributed by atoms with van der Waals surface area (Å²) in [5.74, 6) is -0.712. The molecular weight excluding hydrogens is 358 g/mol. The number of carbonyl (C=O) groups excluding carboxylic acids is 2. The number of likely N-dealkylation sites (N-methyl/N-ethyl adjacent to an activating group) is 1. The number of nitrogens with zero attached hydrogens (tertiary/aromatic N) is 2. The zero-order chi connectivity index (χ0) is 19.2. The molecule has 1 N–H and O–H groups in total. The highest BCUT2D eigenvalue weighted by Gasteiger charge is 2.26. The quantitative estimate of drug-likeness (QED) is 0.527. The molecule has 5 nitrogen and oxygen atoms in total. The van der Waals surface area contributed by atoms with E-state index >= 15 is 0 Å². The average molecular weight is 377 g/mol. The zero-order valence-corrected chi connectivity index (χ0v) is 15.7. The van der Waals surface area contributed by atoms with E-state index in [0.29, 0.717) is 11.3 Å². The lowest BCUT2D eigenvalue weighted by Crippen LogP contribution is -2.48. The molecule has 1 unspecified atom stereocenters. The van der Waals surface area contributed by atoms with Crippen molar-refractivity contribution in [2.24, 2.45) is 0 Å². The molecule has 1 aromatic heterocycles. The fraction of sp³-hybridized carbons (Fsp3) is 0.190. The molecule has 0 aliphatic heterocycles. The van der Waals surface area contributed by atoms with Crippen LogP contribution in [-0.4, -0.2) is 29.3 Å². The summed E-state index contributed by atoms with van der Waals surface area (Å²) >= 11 is 1.31. The van der Waals surface area contributed by atoms with E-state index in [4.69, 9.17) is 0 Å². The second-order valence-corrected chi connectivity index (χ2v) is 7.02. The summed E-state index contributed by atoms with van der Waals surface area (Å²) in [6.45, 7) is 1.99. The predicted molar refractivity (Wildman–Crippen MR) is 106 cm³/mol. The number of nitrogens with one attached hydrogen (secondary N) is 1. The number of nitriles is 1. The Morgan fingerprint density at radius 2 is 1.93 bits per heavy atom. The predicted octanol–water partition coefficient (Wildman–Crippen LogP) is 3.57. The molecule has 2 aromatic carbocycles. The molecule has 3 rings (SSSR count). The Balaban J connectivity index is 1.86. The van der Waals surface area contributed by atoms with E-state index in [1.165, 1.54) is 11.3 Å². The number of thiophene rings is 1. The minimum absolute atomic E-state index is 0.262. The Bertz CT molecular complexity index is 992. The summed E-state index contributed by atoms with van der Waals surface area (Å²) in [5, 5.41) is 16.0. The van der Waals surface area contributed by atoms with Gasteiger partial charge in [-0.1, -0.05) is 48.5 Å². The van der Waals surface area contributed by atoms with E-state index in [2.05, 4.69) is 5.32 Å². The average Bonchev–Trinajstić information content (AvgIpc) is 3.23. The van der Waals surface area contributed by atoms with E-state index in [1.807, 2.05) is 54.0 Å². The lowest BCUT2D eigenvalue weighted by atomic mass is 10.0. The maximum Gasteiger partial charge on any atom is 0.262 e. The molecular formula is C21H19N3O2S. The van der Waals surface area contributed by atoms with Gasteiger partial charge in [0.25, 0.3) is 11.8 Å². The lowest BCUT2D eigenvalue weighted by molar-refractivity contribution is -0.130. The number of carbonyl (C=O) groups is 2. The Labute approximate surface area is 161 Å². The third-order valence-electron chi connectivity index (χ3n) is 4.31. The molecule has 1 atom stereocenters. The molecule has 1 heterocycles. The molecule has 0 aliphatic carbocycles. The van der Waals surface area contributed by atoms with Crippen LogP contribution in [0.1, 0.15) is 22.2 Å². The van der Waals surface area contributed by atoms with Gasteiger partial charge in [0.1, 0.15) is 6.04 Å². The molecule has 136 valence electrons. The molecule has 0 aliphatic rings. The Morgan fingerprint density at radius 3 is 2.59 bits per heavy atom. The SMILES string of the molecule is CCN(C#N)C(=O)C(Cc1ccc2ccccc2c1)NC(=O)c1cccs1. The molecule has 6 heteroatoms. The summed E-state index contributed by atoms with van der Waals surface area (Å²) < 4.78 is 0. The van der Waals surface area contributed by atoms with E-state index in [0.717, 1.165) is 21.2 Å². The van der Waals surface area contributed by atoms with Crippen LogP contribution in [0.2, 0.25) is 0 Å². The van der Waals surface area contributed by atoms with Gasteiger partial charge in [0.2, 0.25) is 0 Å². The van der Waals surface area contributed by atoms with Crippen molar-refractivity contribution < 1.29 is 9.59 Å². The van der Waals surface area contributed by atoms with Gasteiger partial charge in [0.05, 0.1) is 4.88 Å². The maximum atomic E-state index is 12.8. The Morgan fingerprint density at radius 1 is 1.15 bits per heavy atom. The number of rotatable bonds is 6. The van der Waals surface area contributed by atoms with E-state index in [1.54, 1.807) is 19.1 Å². The molecule has 0 spiro atoms. The van der Waals surface area contributed by atoms with Gasteiger partial charge in [0.15, 0.2) is 6.19 Å². The van der Waals surface area contributed by atoms with Crippen molar-refractivity contribution in [3.8, 4) is 6.19 Å². The minimum Gasteiger partial charge on any atom is -0.339 e. The van der Waals surface area contributed by atoms with Crippen molar-refractivity contribution in [2.45, 2.75) is 19.4 Å². The highest BCUT2D eigenvalue weighted by molar-refractivity contribution is 7.12. The van der Waals surface area contributed by atoms with Crippen molar-refractivity contribution >= 4 is 33.9 Å². The van der Waals surface area contributed by atoms with Gasteiger partial charge in [-0.25, -0.2) is 4.90 Å². The number of benzene rings is 2. The van der Waals surface area contributed by atoms with Crippen LogP contribution >= 0.6 is 11.3 Å². The van der Waals surface area contributed by atoms with Gasteiger partial charge in [-0.05, 0) is 34.7 Å². The first kappa shape index (κ1) is 18.6. The molecule has 0 saturated carbocycles. The van der Waals surface area contributed by atoms with Crippen LogP contribution in [0.25, 0.3) is 10.8 Å². The lowest BCUT2D eigenvalue weighted by Gasteiger charge is -2.21. The van der Waals surface area contributed by atoms with Gasteiger partial charge in [-0.3, -0.25) is 9.59 Å². The topological polar surface area (TPSA) is 73.2 Å². The van der Waals surface area contributed by atoms with Crippen molar-refractivity contribution in [3.63, 3.8) is 0 Å². The molecule has 0 bridgehead atoms. The Kier molecular flexibility index (Phi) is 5.84. The first-order chi connectivity index (χ1) is 13.1. The van der Waals surface area contributed by atoms with Gasteiger partial charge in [-0.15, -0.1) is 11.3 Å². The second kappa shape index (κ2) is 8.47. The molecule has 0 fully saturated rings. The van der Waals surface area contributed by atoms with E-state index in [-0.39, 0.29) is 12.5 Å². The molecule has 0 saturated heterocycles. The number of hydrogen-bond donors (Lipinski definition) is 1. The third-order valence-corrected chi connectivity index (χ3v) is 5.17. The standard InChI is InChI=1S/C21H19N3O2S/c1-2-24(14-22)21(26)18(23-20(25)19-8-5-11-27-19)13-15-9-10-16-6-3-4-7-17(16)12-15/h3-12,18H,2,13H2,1H3,(H,23,25). The van der Waals surface area contributed by atoms with Crippen LogP contribution in [0, 0.1) is 11.5 Å². The summed E-state index contributed by atoms with van der Waals surface area (Å²) in [6.07, 6.45) is 2.21.